The molecule has 0 aromatic heterocycles. The lowest BCUT2D eigenvalue weighted by Crippen LogP contribution is -2.51. The molecule has 5 nitrogen and oxygen atoms in total. The van der Waals surface area contributed by atoms with E-state index in [4.69, 9.17) is 10.8 Å². The van der Waals surface area contributed by atoms with Crippen molar-refractivity contribution in [2.45, 2.75) is 65.3 Å². The quantitative estimate of drug-likeness (QED) is 0.719. The van der Waals surface area contributed by atoms with Gasteiger partial charge in [0.1, 0.15) is 0 Å². The van der Waals surface area contributed by atoms with E-state index in [1.54, 1.807) is 0 Å². The Kier molecular flexibility index (Phi) is 5.57. The van der Waals surface area contributed by atoms with Crippen LogP contribution in [0.15, 0.2) is 0 Å². The predicted molar refractivity (Wildman–Crippen MR) is 78.2 cm³/mol. The van der Waals surface area contributed by atoms with Crippen LogP contribution in [0, 0.1) is 10.8 Å². The molecule has 20 heavy (non-hydrogen) atoms. The molecule has 116 valence electrons. The number of carbonyl (C=O) groups excluding carboxylic acids is 1. The number of hydrogen-bond acceptors (Lipinski definition) is 3. The van der Waals surface area contributed by atoms with Gasteiger partial charge in [0, 0.05) is 6.54 Å². The Morgan fingerprint density at radius 3 is 2.25 bits per heavy atom. The maximum atomic E-state index is 12.1. The first kappa shape index (κ1) is 17.0. The maximum absolute atomic E-state index is 12.1. The Hall–Kier alpha value is -1.10. The van der Waals surface area contributed by atoms with Crippen LogP contribution in [0.3, 0.4) is 0 Å². The van der Waals surface area contributed by atoms with Crippen LogP contribution in [0.2, 0.25) is 0 Å². The molecule has 1 rings (SSSR count). The summed E-state index contributed by atoms with van der Waals surface area (Å²) < 4.78 is 0. The normalized spacial score (nSPS) is 20.2. The fourth-order valence-electron chi connectivity index (χ4n) is 2.82. The van der Waals surface area contributed by atoms with Crippen molar-refractivity contribution >= 4 is 11.9 Å². The average Bonchev–Trinajstić information content (AvgIpc) is 2.34. The fourth-order valence-corrected chi connectivity index (χ4v) is 2.82. The van der Waals surface area contributed by atoms with E-state index in [2.05, 4.69) is 5.32 Å². The van der Waals surface area contributed by atoms with Gasteiger partial charge in [0.05, 0.1) is 12.5 Å². The summed E-state index contributed by atoms with van der Waals surface area (Å²) in [4.78, 5) is 23.1. The van der Waals surface area contributed by atoms with Gasteiger partial charge in [-0.25, -0.2) is 0 Å². The van der Waals surface area contributed by atoms with Crippen LogP contribution in [-0.4, -0.2) is 29.6 Å². The van der Waals surface area contributed by atoms with Crippen LogP contribution in [-0.2, 0) is 9.59 Å². The van der Waals surface area contributed by atoms with E-state index < -0.39 is 12.0 Å². The molecule has 0 heterocycles. The Labute approximate surface area is 121 Å². The molecule has 1 fully saturated rings. The van der Waals surface area contributed by atoms with Crippen LogP contribution in [0.4, 0.5) is 0 Å². The van der Waals surface area contributed by atoms with Gasteiger partial charge >= 0.3 is 5.97 Å². The monoisotopic (exact) mass is 284 g/mol. The number of nitrogens with one attached hydrogen (secondary N) is 1. The molecule has 0 bridgehead atoms. The van der Waals surface area contributed by atoms with Gasteiger partial charge < -0.3 is 16.2 Å². The second kappa shape index (κ2) is 6.57. The number of amides is 1. The summed E-state index contributed by atoms with van der Waals surface area (Å²) in [5.74, 6) is -0.978. The maximum Gasteiger partial charge on any atom is 0.303 e. The Morgan fingerprint density at radius 2 is 1.80 bits per heavy atom. The van der Waals surface area contributed by atoms with Crippen molar-refractivity contribution in [1.29, 1.82) is 0 Å². The second-order valence-electron chi connectivity index (χ2n) is 7.19. The third-order valence-electron chi connectivity index (χ3n) is 4.29. The number of hydrogen-bond donors (Lipinski definition) is 3. The van der Waals surface area contributed by atoms with Gasteiger partial charge in [-0.05, 0) is 23.7 Å². The molecule has 0 spiro atoms. The van der Waals surface area contributed by atoms with Crippen LogP contribution in [0.25, 0.3) is 0 Å². The van der Waals surface area contributed by atoms with Gasteiger partial charge in [-0.2, -0.15) is 0 Å². The zero-order valence-corrected chi connectivity index (χ0v) is 12.9. The van der Waals surface area contributed by atoms with E-state index in [9.17, 15) is 9.59 Å². The summed E-state index contributed by atoms with van der Waals surface area (Å²) in [6.07, 6.45) is 5.08. The molecule has 0 aromatic rings. The molecule has 4 N–H and O–H groups in total. The summed E-state index contributed by atoms with van der Waals surface area (Å²) in [5.41, 5.74) is 5.34. The molecule has 1 saturated carbocycles. The van der Waals surface area contributed by atoms with Gasteiger partial charge in [0.25, 0.3) is 0 Å². The van der Waals surface area contributed by atoms with Crippen molar-refractivity contribution in [3.05, 3.63) is 0 Å². The largest absolute Gasteiger partial charge is 0.481 e. The average molecular weight is 284 g/mol. The summed E-state index contributed by atoms with van der Waals surface area (Å²) in [6, 6.07) is -0.576. The van der Waals surface area contributed by atoms with Crippen molar-refractivity contribution in [3.8, 4) is 0 Å². The summed E-state index contributed by atoms with van der Waals surface area (Å²) in [6.45, 7) is 6.18. The Bertz CT molecular complexity index is 355. The number of carbonyl (C=O) groups is 2. The van der Waals surface area contributed by atoms with Gasteiger partial charge in [0.15, 0.2) is 0 Å². The highest BCUT2D eigenvalue weighted by atomic mass is 16.4. The molecule has 1 aliphatic carbocycles. The third-order valence-corrected chi connectivity index (χ3v) is 4.29. The first-order chi connectivity index (χ1) is 9.16. The molecule has 0 aromatic carbocycles. The molecule has 0 aliphatic heterocycles. The molecule has 1 atom stereocenters. The smallest absolute Gasteiger partial charge is 0.303 e. The number of carboxylic acids is 1. The van der Waals surface area contributed by atoms with E-state index >= 15 is 0 Å². The molecule has 0 unspecified atom stereocenters. The molecule has 5 heteroatoms. The van der Waals surface area contributed by atoms with Crippen molar-refractivity contribution in [1.82, 2.24) is 5.32 Å². The van der Waals surface area contributed by atoms with Crippen LogP contribution in [0.5, 0.6) is 0 Å². The highest BCUT2D eigenvalue weighted by molar-refractivity contribution is 5.82. The molecular formula is C15H28N2O3. The van der Waals surface area contributed by atoms with Crippen molar-refractivity contribution in [3.63, 3.8) is 0 Å². The Morgan fingerprint density at radius 1 is 1.25 bits per heavy atom. The Balaban J connectivity index is 2.63. The molecule has 0 radical (unpaired) electrons. The van der Waals surface area contributed by atoms with E-state index in [0.717, 1.165) is 32.1 Å². The van der Waals surface area contributed by atoms with Gasteiger partial charge in [0.2, 0.25) is 5.91 Å². The van der Waals surface area contributed by atoms with E-state index in [-0.39, 0.29) is 23.2 Å². The number of rotatable bonds is 5. The predicted octanol–water partition coefficient (Wildman–Crippen LogP) is 1.90. The number of carboxylic acid groups (broad SMARTS) is 1. The minimum atomic E-state index is -0.790. The topological polar surface area (TPSA) is 92.4 Å². The van der Waals surface area contributed by atoms with E-state index in [1.165, 1.54) is 0 Å². The molecule has 1 amide bonds. The van der Waals surface area contributed by atoms with E-state index in [1.807, 2.05) is 20.8 Å². The van der Waals surface area contributed by atoms with Gasteiger partial charge in [-0.3, -0.25) is 9.59 Å². The minimum Gasteiger partial charge on any atom is -0.481 e. The highest BCUT2D eigenvalue weighted by Crippen LogP contribution is 2.38. The number of nitrogens with two attached hydrogens (primary N) is 1. The van der Waals surface area contributed by atoms with Gasteiger partial charge in [-0.15, -0.1) is 0 Å². The minimum absolute atomic E-state index is 0.123. The molecule has 1 aliphatic rings. The fraction of sp³-hybridized carbons (Fsp3) is 0.867. The standard InChI is InChI=1S/C15H28N2O3/c1-14(2,3)12(16)13(20)17-10-15(9-11(18)19)7-5-4-6-8-15/h12H,4-10,16H2,1-3H3,(H,17,20)(H,18,19)/t12-/m0/s1. The van der Waals surface area contributed by atoms with Crippen molar-refractivity contribution in [2.24, 2.45) is 16.6 Å². The first-order valence-corrected chi connectivity index (χ1v) is 7.41. The highest BCUT2D eigenvalue weighted by Gasteiger charge is 2.36. The summed E-state index contributed by atoms with van der Waals surface area (Å²) in [5, 5.41) is 12.0. The van der Waals surface area contributed by atoms with Crippen LogP contribution in [0.1, 0.15) is 59.3 Å². The van der Waals surface area contributed by atoms with Gasteiger partial charge in [-0.1, -0.05) is 40.0 Å². The van der Waals surface area contributed by atoms with E-state index in [0.29, 0.717) is 6.54 Å². The number of aliphatic carboxylic acids is 1. The summed E-state index contributed by atoms with van der Waals surface area (Å²) >= 11 is 0. The molecular weight excluding hydrogens is 256 g/mol. The van der Waals surface area contributed by atoms with Crippen LogP contribution < -0.4 is 11.1 Å². The van der Waals surface area contributed by atoms with Crippen LogP contribution >= 0.6 is 0 Å². The lowest BCUT2D eigenvalue weighted by atomic mass is 9.71. The lowest BCUT2D eigenvalue weighted by molar-refractivity contribution is -0.141. The first-order valence-electron chi connectivity index (χ1n) is 7.41. The zero-order chi connectivity index (χ0) is 15.4. The van der Waals surface area contributed by atoms with Crippen molar-refractivity contribution < 1.29 is 14.7 Å². The second-order valence-corrected chi connectivity index (χ2v) is 7.19. The third kappa shape index (κ3) is 4.78. The zero-order valence-electron chi connectivity index (χ0n) is 12.9. The molecule has 0 saturated heterocycles. The summed E-state index contributed by atoms with van der Waals surface area (Å²) in [7, 11) is 0. The SMILES string of the molecule is CC(C)(C)[C@@H](N)C(=O)NCC1(CC(=O)O)CCCCC1. The van der Waals surface area contributed by atoms with Crippen molar-refractivity contribution in [2.75, 3.05) is 6.54 Å². The lowest BCUT2D eigenvalue weighted by Gasteiger charge is -2.37.